The zero-order valence-electron chi connectivity index (χ0n) is 13.5. The number of hydrogen-bond donors (Lipinski definition) is 1. The number of ketones is 1. The number of pyridine rings is 1. The SMILES string of the molecule is O=C(CO)c1cccc(-c2nn(-c3ccc4ccccc4n3)c(=O)o2)c1. The second-order valence-electron chi connectivity index (χ2n) is 5.61. The van der Waals surface area contributed by atoms with Crippen molar-refractivity contribution < 1.29 is 14.3 Å². The van der Waals surface area contributed by atoms with Crippen LogP contribution in [0.2, 0.25) is 0 Å². The molecule has 0 amide bonds. The Kier molecular flexibility index (Phi) is 3.91. The molecule has 4 aromatic rings. The quantitative estimate of drug-likeness (QED) is 0.568. The van der Waals surface area contributed by atoms with Crippen LogP contribution in [0, 0.1) is 0 Å². The number of fused-ring (bicyclic) bond motifs is 1. The lowest BCUT2D eigenvalue weighted by molar-refractivity contribution is 0.0904. The Morgan fingerprint density at radius 2 is 1.92 bits per heavy atom. The minimum atomic E-state index is -0.679. The van der Waals surface area contributed by atoms with E-state index in [0.717, 1.165) is 15.6 Å². The number of Topliss-reactive ketones (excluding diaryl/α,β-unsaturated/α-hetero) is 1. The Morgan fingerprint density at radius 3 is 2.77 bits per heavy atom. The molecule has 0 atom stereocenters. The van der Waals surface area contributed by atoms with Gasteiger partial charge in [0.25, 0.3) is 0 Å². The van der Waals surface area contributed by atoms with Crippen molar-refractivity contribution in [3.05, 3.63) is 76.8 Å². The van der Waals surface area contributed by atoms with Crippen molar-refractivity contribution in [1.29, 1.82) is 0 Å². The molecule has 2 heterocycles. The van der Waals surface area contributed by atoms with Gasteiger partial charge in [0.1, 0.15) is 6.61 Å². The Morgan fingerprint density at radius 1 is 1.08 bits per heavy atom. The number of nitrogens with zero attached hydrogens (tertiary/aromatic N) is 3. The van der Waals surface area contributed by atoms with Gasteiger partial charge in [-0.3, -0.25) is 4.79 Å². The molecule has 26 heavy (non-hydrogen) atoms. The van der Waals surface area contributed by atoms with Crippen molar-refractivity contribution in [3.63, 3.8) is 0 Å². The summed E-state index contributed by atoms with van der Waals surface area (Å²) in [5, 5.41) is 14.1. The van der Waals surface area contributed by atoms with E-state index in [0.29, 0.717) is 16.9 Å². The topological polar surface area (TPSA) is 98.2 Å². The Bertz CT molecular complexity index is 1180. The molecule has 0 aliphatic carbocycles. The zero-order chi connectivity index (χ0) is 18.1. The molecule has 7 heteroatoms. The van der Waals surface area contributed by atoms with Gasteiger partial charge in [-0.15, -0.1) is 9.78 Å². The highest BCUT2D eigenvalue weighted by atomic mass is 16.4. The van der Waals surface area contributed by atoms with Crippen LogP contribution in [0.5, 0.6) is 0 Å². The lowest BCUT2D eigenvalue weighted by Crippen LogP contribution is -2.14. The van der Waals surface area contributed by atoms with Crippen molar-refractivity contribution in [2.75, 3.05) is 6.61 Å². The lowest BCUT2D eigenvalue weighted by Gasteiger charge is -2.01. The third-order valence-corrected chi connectivity index (χ3v) is 3.92. The maximum atomic E-state index is 12.2. The highest BCUT2D eigenvalue weighted by Crippen LogP contribution is 2.19. The first kappa shape index (κ1) is 15.9. The first-order valence-electron chi connectivity index (χ1n) is 7.86. The molecule has 0 saturated heterocycles. The maximum Gasteiger partial charge on any atom is 0.443 e. The fourth-order valence-electron chi connectivity index (χ4n) is 2.63. The van der Waals surface area contributed by atoms with Gasteiger partial charge in [0, 0.05) is 16.5 Å². The van der Waals surface area contributed by atoms with E-state index >= 15 is 0 Å². The Balaban J connectivity index is 1.78. The molecule has 2 aromatic heterocycles. The summed E-state index contributed by atoms with van der Waals surface area (Å²) >= 11 is 0. The number of carbonyl (C=O) groups excluding carboxylic acids is 1. The van der Waals surface area contributed by atoms with Crippen LogP contribution in [0.3, 0.4) is 0 Å². The first-order chi connectivity index (χ1) is 12.7. The van der Waals surface area contributed by atoms with Gasteiger partial charge in [-0.25, -0.2) is 9.78 Å². The minimum absolute atomic E-state index is 0.0672. The molecular formula is C19H13N3O4. The van der Waals surface area contributed by atoms with Gasteiger partial charge in [-0.1, -0.05) is 30.3 Å². The van der Waals surface area contributed by atoms with Crippen LogP contribution < -0.4 is 5.76 Å². The monoisotopic (exact) mass is 347 g/mol. The molecule has 0 aliphatic rings. The maximum absolute atomic E-state index is 12.2. The summed E-state index contributed by atoms with van der Waals surface area (Å²) in [6.45, 7) is -0.594. The average molecular weight is 347 g/mol. The normalized spacial score (nSPS) is 11.0. The van der Waals surface area contributed by atoms with Crippen LogP contribution in [0.1, 0.15) is 10.4 Å². The molecule has 4 rings (SSSR count). The van der Waals surface area contributed by atoms with Crippen molar-refractivity contribution in [1.82, 2.24) is 14.8 Å². The molecule has 0 fully saturated rings. The summed E-state index contributed by atoms with van der Waals surface area (Å²) in [5.74, 6) is -0.699. The van der Waals surface area contributed by atoms with Crippen LogP contribution in [0.4, 0.5) is 0 Å². The molecular weight excluding hydrogens is 334 g/mol. The molecule has 0 radical (unpaired) electrons. The molecule has 0 unspecified atom stereocenters. The first-order valence-corrected chi connectivity index (χ1v) is 7.86. The number of aromatic nitrogens is 3. The van der Waals surface area contributed by atoms with E-state index < -0.39 is 18.1 Å². The van der Waals surface area contributed by atoms with E-state index in [2.05, 4.69) is 10.1 Å². The Hall–Kier alpha value is -3.58. The molecule has 128 valence electrons. The van der Waals surface area contributed by atoms with E-state index in [4.69, 9.17) is 9.52 Å². The van der Waals surface area contributed by atoms with Crippen molar-refractivity contribution in [2.24, 2.45) is 0 Å². The smallest absolute Gasteiger partial charge is 0.388 e. The summed E-state index contributed by atoms with van der Waals surface area (Å²) in [4.78, 5) is 28.3. The molecule has 0 spiro atoms. The van der Waals surface area contributed by atoms with Gasteiger partial charge in [-0.2, -0.15) is 0 Å². The molecule has 0 aliphatic heterocycles. The zero-order valence-corrected chi connectivity index (χ0v) is 13.5. The third-order valence-electron chi connectivity index (χ3n) is 3.92. The van der Waals surface area contributed by atoms with E-state index in [1.165, 1.54) is 6.07 Å². The van der Waals surface area contributed by atoms with Crippen molar-refractivity contribution in [3.8, 4) is 17.3 Å². The summed E-state index contributed by atoms with van der Waals surface area (Å²) in [7, 11) is 0. The van der Waals surface area contributed by atoms with Crippen LogP contribution in [-0.2, 0) is 0 Å². The van der Waals surface area contributed by atoms with E-state index in [1.54, 1.807) is 24.3 Å². The second-order valence-corrected chi connectivity index (χ2v) is 5.61. The number of para-hydroxylation sites is 1. The standard InChI is InChI=1S/C19H13N3O4/c23-11-16(24)13-5-3-6-14(10-13)18-21-22(19(25)26-18)17-9-8-12-4-1-2-7-15(12)20-17/h1-10,23H,11H2. The molecule has 1 N–H and O–H groups in total. The largest absolute Gasteiger partial charge is 0.443 e. The number of aliphatic hydroxyl groups excluding tert-OH is 1. The summed E-state index contributed by atoms with van der Waals surface area (Å²) < 4.78 is 6.29. The van der Waals surface area contributed by atoms with Crippen molar-refractivity contribution >= 4 is 16.7 Å². The average Bonchev–Trinajstić information content (AvgIpc) is 3.09. The molecule has 0 bridgehead atoms. The van der Waals surface area contributed by atoms with Gasteiger partial charge in [0.2, 0.25) is 5.89 Å². The Labute approximate surface area is 147 Å². The fraction of sp³-hybridized carbons (Fsp3) is 0.0526. The highest BCUT2D eigenvalue weighted by Gasteiger charge is 2.14. The second kappa shape index (κ2) is 6.38. The van der Waals surface area contributed by atoms with Gasteiger partial charge in [-0.05, 0) is 30.3 Å². The predicted octanol–water partition coefficient (Wildman–Crippen LogP) is 2.22. The predicted molar refractivity (Wildman–Crippen MR) is 94.3 cm³/mol. The number of rotatable bonds is 4. The van der Waals surface area contributed by atoms with Gasteiger partial charge < -0.3 is 9.52 Å². The van der Waals surface area contributed by atoms with E-state index in [1.807, 2.05) is 30.3 Å². The number of aliphatic hydroxyl groups is 1. The molecule has 2 aromatic carbocycles. The summed E-state index contributed by atoms with van der Waals surface area (Å²) in [6, 6.07) is 17.4. The van der Waals surface area contributed by atoms with E-state index in [-0.39, 0.29) is 5.89 Å². The van der Waals surface area contributed by atoms with Gasteiger partial charge in [0.05, 0.1) is 5.52 Å². The van der Waals surface area contributed by atoms with E-state index in [9.17, 15) is 9.59 Å². The number of carbonyl (C=O) groups is 1. The highest BCUT2D eigenvalue weighted by molar-refractivity contribution is 5.97. The molecule has 7 nitrogen and oxygen atoms in total. The number of benzene rings is 2. The lowest BCUT2D eigenvalue weighted by atomic mass is 10.1. The summed E-state index contributed by atoms with van der Waals surface area (Å²) in [5.41, 5.74) is 1.50. The summed E-state index contributed by atoms with van der Waals surface area (Å²) in [6.07, 6.45) is 0. The van der Waals surface area contributed by atoms with Crippen LogP contribution in [0.15, 0.2) is 69.9 Å². The van der Waals surface area contributed by atoms with Gasteiger partial charge >= 0.3 is 5.76 Å². The third kappa shape index (κ3) is 2.80. The van der Waals surface area contributed by atoms with Crippen molar-refractivity contribution in [2.45, 2.75) is 0 Å². The van der Waals surface area contributed by atoms with Crippen LogP contribution in [0.25, 0.3) is 28.2 Å². The number of hydrogen-bond acceptors (Lipinski definition) is 6. The minimum Gasteiger partial charge on any atom is -0.388 e. The van der Waals surface area contributed by atoms with Crippen LogP contribution in [-0.4, -0.2) is 32.3 Å². The molecule has 0 saturated carbocycles. The van der Waals surface area contributed by atoms with Gasteiger partial charge in [0.15, 0.2) is 11.6 Å². The van der Waals surface area contributed by atoms with Crippen LogP contribution >= 0.6 is 0 Å². The fourth-order valence-corrected chi connectivity index (χ4v) is 2.63.